The lowest BCUT2D eigenvalue weighted by molar-refractivity contribution is 0.483. The fraction of sp³-hybridized carbons (Fsp3) is 0.0714. The van der Waals surface area contributed by atoms with Gasteiger partial charge in [-0.25, -0.2) is 15.0 Å². The quantitative estimate of drug-likeness (QED) is 0.160. The topological polar surface area (TPSA) is 75.1 Å². The Labute approximate surface area is 369 Å². The van der Waals surface area contributed by atoms with Crippen LogP contribution < -0.4 is 4.74 Å². The number of aromatic nitrogens is 7. The van der Waals surface area contributed by atoms with Gasteiger partial charge < -0.3 is 4.74 Å². The molecule has 8 nitrogen and oxygen atoms in total. The molecule has 0 aliphatic rings. The molecule has 0 atom stereocenters. The van der Waals surface area contributed by atoms with E-state index in [-0.39, 0.29) is 5.41 Å². The predicted molar refractivity (Wildman–Crippen MR) is 259 cm³/mol. The summed E-state index contributed by atoms with van der Waals surface area (Å²) in [6.07, 6.45) is 5.32. The highest BCUT2D eigenvalue weighted by molar-refractivity contribution is 6.09. The smallest absolute Gasteiger partial charge is 0.223 e. The second-order valence-electron chi connectivity index (χ2n) is 17.2. The van der Waals surface area contributed by atoms with E-state index in [0.717, 1.165) is 77.7 Å². The summed E-state index contributed by atoms with van der Waals surface area (Å²) in [5.74, 6) is 2.95. The molecular formula is C56H41N7O. The van der Waals surface area contributed by atoms with Gasteiger partial charge in [-0.05, 0) is 99.0 Å². The molecule has 306 valence electrons. The Morgan fingerprint density at radius 1 is 0.469 bits per heavy atom. The van der Waals surface area contributed by atoms with Crippen molar-refractivity contribution in [2.75, 3.05) is 0 Å². The lowest BCUT2D eigenvalue weighted by atomic mass is 9.87. The van der Waals surface area contributed by atoms with Gasteiger partial charge in [-0.3, -0.25) is 13.5 Å². The Morgan fingerprint density at radius 2 is 1.14 bits per heavy atom. The molecule has 5 aromatic heterocycles. The number of ether oxygens (including phenoxy) is 1. The largest absolute Gasteiger partial charge is 0.457 e. The van der Waals surface area contributed by atoms with Crippen LogP contribution in [0.5, 0.6) is 11.5 Å². The maximum absolute atomic E-state index is 7.13. The number of hydrogen-bond acceptors (Lipinski definition) is 5. The number of nitrogens with zero attached hydrogens (tertiary/aromatic N) is 7. The molecule has 0 amide bonds. The summed E-state index contributed by atoms with van der Waals surface area (Å²) in [4.78, 5) is 19.4. The monoisotopic (exact) mass is 827 g/mol. The average Bonchev–Trinajstić information content (AvgIpc) is 3.98. The van der Waals surface area contributed by atoms with E-state index >= 15 is 0 Å². The molecule has 12 aromatic rings. The Bertz CT molecular complexity index is 3690. The van der Waals surface area contributed by atoms with Crippen molar-refractivity contribution < 1.29 is 4.74 Å². The molecule has 0 fully saturated rings. The van der Waals surface area contributed by atoms with Gasteiger partial charge in [0.05, 0.1) is 27.8 Å². The molecule has 0 N–H and O–H groups in total. The van der Waals surface area contributed by atoms with Gasteiger partial charge in [0.2, 0.25) is 5.78 Å². The van der Waals surface area contributed by atoms with Crippen molar-refractivity contribution >= 4 is 49.9 Å². The lowest BCUT2D eigenvalue weighted by Gasteiger charge is -2.20. The first-order valence-electron chi connectivity index (χ1n) is 21.5. The van der Waals surface area contributed by atoms with Gasteiger partial charge in [-0.1, -0.05) is 130 Å². The Morgan fingerprint density at radius 3 is 1.89 bits per heavy atom. The SMILES string of the molecule is CC(C)(C)c1ccnc(-n2c3ccccc3c3ccc(Oc4cc(-c5c(-c6ccccc6)cccc5-c5ccccc5)cc(-n5c6ccccc6n6c7nccnc7nc56)c4)cc32)c1. The summed E-state index contributed by atoms with van der Waals surface area (Å²) < 4.78 is 13.7. The number of benzene rings is 7. The maximum Gasteiger partial charge on any atom is 0.223 e. The van der Waals surface area contributed by atoms with Crippen LogP contribution >= 0.6 is 0 Å². The number of para-hydroxylation sites is 3. The molecular weight excluding hydrogens is 787 g/mol. The molecule has 0 radical (unpaired) electrons. The van der Waals surface area contributed by atoms with Gasteiger partial charge in [0, 0.05) is 41.5 Å². The molecule has 8 heteroatoms. The summed E-state index contributed by atoms with van der Waals surface area (Å²) in [6, 6.07) is 61.8. The molecule has 7 aromatic carbocycles. The number of pyridine rings is 1. The first-order chi connectivity index (χ1) is 31.4. The van der Waals surface area contributed by atoms with E-state index in [1.807, 2.05) is 12.3 Å². The zero-order valence-corrected chi connectivity index (χ0v) is 35.5. The Hall–Kier alpha value is -8.36. The van der Waals surface area contributed by atoms with Crippen molar-refractivity contribution in [1.29, 1.82) is 0 Å². The highest BCUT2D eigenvalue weighted by atomic mass is 16.5. The molecule has 0 saturated heterocycles. The van der Waals surface area contributed by atoms with E-state index in [2.05, 4.69) is 209 Å². The summed E-state index contributed by atoms with van der Waals surface area (Å²) in [6.45, 7) is 6.70. The van der Waals surface area contributed by atoms with Gasteiger partial charge in [-0.15, -0.1) is 0 Å². The number of hydrogen-bond donors (Lipinski definition) is 0. The van der Waals surface area contributed by atoms with Crippen LogP contribution in [0.1, 0.15) is 26.3 Å². The van der Waals surface area contributed by atoms with Gasteiger partial charge in [0.1, 0.15) is 17.3 Å². The Balaban J connectivity index is 1.11. The second kappa shape index (κ2) is 14.6. The third kappa shape index (κ3) is 6.14. The lowest BCUT2D eigenvalue weighted by Crippen LogP contribution is -2.12. The van der Waals surface area contributed by atoms with Crippen molar-refractivity contribution in [2.24, 2.45) is 0 Å². The van der Waals surface area contributed by atoms with Crippen molar-refractivity contribution in [3.8, 4) is 56.4 Å². The molecule has 0 saturated carbocycles. The zero-order chi connectivity index (χ0) is 42.9. The van der Waals surface area contributed by atoms with E-state index < -0.39 is 0 Å². The van der Waals surface area contributed by atoms with E-state index in [9.17, 15) is 0 Å². The first kappa shape index (κ1) is 37.4. The van der Waals surface area contributed by atoms with Gasteiger partial charge in [-0.2, -0.15) is 4.98 Å². The van der Waals surface area contributed by atoms with Crippen LogP contribution in [0.25, 0.3) is 94.8 Å². The summed E-state index contributed by atoms with van der Waals surface area (Å²) in [7, 11) is 0. The highest BCUT2D eigenvalue weighted by Crippen LogP contribution is 2.44. The number of rotatable bonds is 7. The molecule has 0 unspecified atom stereocenters. The molecule has 12 rings (SSSR count). The maximum atomic E-state index is 7.13. The minimum atomic E-state index is -0.0420. The third-order valence-corrected chi connectivity index (χ3v) is 12.2. The third-order valence-electron chi connectivity index (χ3n) is 12.2. The van der Waals surface area contributed by atoms with E-state index in [1.165, 1.54) is 5.56 Å². The normalized spacial score (nSPS) is 12.0. The molecule has 64 heavy (non-hydrogen) atoms. The first-order valence-corrected chi connectivity index (χ1v) is 21.5. The molecule has 0 bridgehead atoms. The summed E-state index contributed by atoms with van der Waals surface area (Å²) >= 11 is 0. The van der Waals surface area contributed by atoms with Crippen molar-refractivity contribution in [1.82, 2.24) is 33.5 Å². The van der Waals surface area contributed by atoms with Crippen LogP contribution in [-0.4, -0.2) is 33.5 Å². The van der Waals surface area contributed by atoms with Gasteiger partial charge in [0.15, 0.2) is 11.3 Å². The van der Waals surface area contributed by atoms with Crippen LogP contribution in [0.15, 0.2) is 195 Å². The highest BCUT2D eigenvalue weighted by Gasteiger charge is 2.23. The van der Waals surface area contributed by atoms with Crippen LogP contribution in [0.2, 0.25) is 0 Å². The zero-order valence-electron chi connectivity index (χ0n) is 35.5. The fourth-order valence-electron chi connectivity index (χ4n) is 9.28. The van der Waals surface area contributed by atoms with Crippen molar-refractivity contribution in [3.05, 3.63) is 200 Å². The standard InChI is InChI=1S/C56H41N7O/c1-56(2,3)39-27-28-57-51(33-39)62-47-22-11-10-19-45(47)46-26-25-41(35-50(46)62)64-42-32-38(52-43(36-15-6-4-7-16-36)20-14-21-44(52)37-17-8-5-9-18-37)31-40(34-42)61-48-23-12-13-24-49(48)63-54-53(60-55(61)63)58-29-30-59-54/h4-35H,1-3H3. The van der Waals surface area contributed by atoms with Gasteiger partial charge in [0.25, 0.3) is 0 Å². The van der Waals surface area contributed by atoms with Crippen LogP contribution in [0, 0.1) is 0 Å². The Kier molecular flexibility index (Phi) is 8.55. The summed E-state index contributed by atoms with van der Waals surface area (Å²) in [5.41, 5.74) is 14.0. The van der Waals surface area contributed by atoms with Crippen LogP contribution in [0.4, 0.5) is 0 Å². The second-order valence-corrected chi connectivity index (χ2v) is 17.2. The van der Waals surface area contributed by atoms with Crippen molar-refractivity contribution in [3.63, 3.8) is 0 Å². The predicted octanol–water partition coefficient (Wildman–Crippen LogP) is 13.8. The average molecular weight is 828 g/mol. The molecule has 5 heterocycles. The van der Waals surface area contributed by atoms with E-state index in [0.29, 0.717) is 28.6 Å². The van der Waals surface area contributed by atoms with Crippen LogP contribution in [0.3, 0.4) is 0 Å². The van der Waals surface area contributed by atoms with Crippen LogP contribution in [-0.2, 0) is 5.41 Å². The summed E-state index contributed by atoms with van der Waals surface area (Å²) in [5, 5.41) is 2.28. The minimum Gasteiger partial charge on any atom is -0.457 e. The van der Waals surface area contributed by atoms with Crippen molar-refractivity contribution in [2.45, 2.75) is 26.2 Å². The minimum absolute atomic E-state index is 0.0420. The van der Waals surface area contributed by atoms with E-state index in [4.69, 9.17) is 19.7 Å². The molecule has 0 spiro atoms. The van der Waals surface area contributed by atoms with E-state index in [1.54, 1.807) is 12.4 Å². The number of imidazole rings is 2. The molecule has 0 aliphatic heterocycles. The number of fused-ring (bicyclic) bond motifs is 8. The van der Waals surface area contributed by atoms with Gasteiger partial charge >= 0.3 is 0 Å². The molecule has 0 aliphatic carbocycles. The fourth-order valence-corrected chi connectivity index (χ4v) is 9.28.